The van der Waals surface area contributed by atoms with Gasteiger partial charge < -0.3 is 19.7 Å². The molecule has 0 amide bonds. The molecule has 5 nitrogen and oxygen atoms in total. The van der Waals surface area contributed by atoms with E-state index in [0.29, 0.717) is 29.6 Å². The Kier molecular flexibility index (Phi) is 9.83. The first-order valence-corrected chi connectivity index (χ1v) is 23.8. The van der Waals surface area contributed by atoms with Crippen LogP contribution in [0.4, 0.5) is 0 Å². The van der Waals surface area contributed by atoms with Crippen molar-refractivity contribution in [3.05, 3.63) is 35.4 Å². The van der Waals surface area contributed by atoms with Crippen LogP contribution in [-0.2, 0) is 27.1 Å². The lowest BCUT2D eigenvalue weighted by molar-refractivity contribution is -0.338. The Morgan fingerprint density at radius 1 is 0.877 bits per heavy atom. The SMILES string of the molecule is CCC[C@H]1CC#C[C@@]23CC[C@@]45[C@H](Cc6ccc(CCOC)cc6)O[C@@](O)(C[C@H]6CC[C@@H](C[C@@]7(CC1)[C@@H]1C[C@](C)(C(=O)O)CC[C@]1(C)CC[C@@]72C)[C@@]3(C)[C@H]64)[C@@H]5CCC. The van der Waals surface area contributed by atoms with Crippen LogP contribution in [0.1, 0.15) is 168 Å². The summed E-state index contributed by atoms with van der Waals surface area (Å²) in [7, 11) is 1.77. The molecule has 8 aliphatic rings. The Morgan fingerprint density at radius 3 is 2.33 bits per heavy atom. The molecule has 7 fully saturated rings. The van der Waals surface area contributed by atoms with Gasteiger partial charge in [-0.15, -0.1) is 5.92 Å². The van der Waals surface area contributed by atoms with Crippen LogP contribution < -0.4 is 0 Å². The largest absolute Gasteiger partial charge is 0.481 e. The van der Waals surface area contributed by atoms with Gasteiger partial charge in [0.15, 0.2) is 5.79 Å². The maximum atomic E-state index is 13.2. The summed E-state index contributed by atoms with van der Waals surface area (Å²) in [6.07, 6.45) is 21.3. The van der Waals surface area contributed by atoms with Crippen LogP contribution in [0.5, 0.6) is 0 Å². The van der Waals surface area contributed by atoms with E-state index in [1.165, 1.54) is 68.9 Å². The number of carboxylic acids is 1. The summed E-state index contributed by atoms with van der Waals surface area (Å²) < 4.78 is 12.7. The molecule has 2 spiro atoms. The van der Waals surface area contributed by atoms with Crippen LogP contribution in [0, 0.1) is 85.3 Å². The summed E-state index contributed by atoms with van der Waals surface area (Å²) in [4.78, 5) is 13.2. The number of ether oxygens (including phenoxy) is 2. The van der Waals surface area contributed by atoms with Crippen molar-refractivity contribution in [2.24, 2.45) is 73.4 Å². The van der Waals surface area contributed by atoms with Crippen LogP contribution in [0.3, 0.4) is 0 Å². The molecule has 57 heavy (non-hydrogen) atoms. The maximum absolute atomic E-state index is 13.2. The normalized spacial score (nSPS) is 50.5. The second-order valence-electron chi connectivity index (χ2n) is 22.7. The number of rotatable bonds is 10. The highest BCUT2D eigenvalue weighted by atomic mass is 16.6. The highest BCUT2D eigenvalue weighted by molar-refractivity contribution is 5.74. The summed E-state index contributed by atoms with van der Waals surface area (Å²) in [6.45, 7) is 15.6. The number of hydrogen-bond acceptors (Lipinski definition) is 4. The minimum atomic E-state index is -1.07. The Bertz CT molecular complexity index is 1780. The lowest BCUT2D eigenvalue weighted by Crippen LogP contribution is -2.78. The molecule has 4 bridgehead atoms. The number of methoxy groups -OCH3 is 1. The number of fused-ring (bicyclic) bond motifs is 2. The molecule has 314 valence electrons. The second-order valence-corrected chi connectivity index (χ2v) is 22.7. The first-order chi connectivity index (χ1) is 27.1. The number of carboxylic acid groups (broad SMARTS) is 1. The molecule has 1 aromatic carbocycles. The van der Waals surface area contributed by atoms with E-state index in [1.54, 1.807) is 7.11 Å². The Hall–Kier alpha value is -1.87. The quantitative estimate of drug-likeness (QED) is 0.231. The number of aliphatic hydroxyl groups is 1. The first-order valence-electron chi connectivity index (χ1n) is 23.8. The molecular formula is C52H76O5. The van der Waals surface area contributed by atoms with Crippen molar-refractivity contribution in [1.29, 1.82) is 0 Å². The van der Waals surface area contributed by atoms with Gasteiger partial charge in [0.05, 0.1) is 18.1 Å². The summed E-state index contributed by atoms with van der Waals surface area (Å²) in [5, 5.41) is 23.7. The van der Waals surface area contributed by atoms with Crippen molar-refractivity contribution < 1.29 is 24.5 Å². The Morgan fingerprint density at radius 2 is 1.61 bits per heavy atom. The summed E-state index contributed by atoms with van der Waals surface area (Å²) in [5.74, 6) is 9.46. The second kappa shape index (κ2) is 13.8. The van der Waals surface area contributed by atoms with E-state index >= 15 is 0 Å². The number of benzene rings is 1. The standard InChI is InChI=1S/C52H76O5/c1-8-11-35-13-10-22-50-28-29-51-40(12-9-2)52(55,57-42(51)31-37-16-14-36(15-17-37)21-30-56-7)32-38-18-19-39(48(50,6)43(38)51)33-49(23-20-35)41-34-46(4,44(53)54)25-24-45(41,3)26-27-47(49,50)5/h14-17,35,38-43,55H,8-9,11-13,18-21,23-34H2,1-7H3,(H,53,54)/t35-,38+,39-,40+,41+,42-,43-,45+,46+,47-,48-,49-,50+,51+,52-/m0/s1. The van der Waals surface area contributed by atoms with E-state index in [0.717, 1.165) is 77.2 Å². The Labute approximate surface area is 345 Å². The number of hydrogen-bond donors (Lipinski definition) is 2. The zero-order valence-electron chi connectivity index (χ0n) is 36.8. The van der Waals surface area contributed by atoms with Gasteiger partial charge in [0.25, 0.3) is 0 Å². The molecule has 6 saturated carbocycles. The highest BCUT2D eigenvalue weighted by Crippen LogP contribution is 2.88. The van der Waals surface area contributed by atoms with Gasteiger partial charge in [0.1, 0.15) is 0 Å². The van der Waals surface area contributed by atoms with Crippen LogP contribution in [-0.4, -0.2) is 41.8 Å². The number of aliphatic carboxylic acids is 1. The van der Waals surface area contributed by atoms with Gasteiger partial charge >= 0.3 is 5.97 Å². The van der Waals surface area contributed by atoms with Gasteiger partial charge in [-0.05, 0) is 172 Å². The molecule has 1 saturated heterocycles. The van der Waals surface area contributed by atoms with Gasteiger partial charge in [0, 0.05) is 36.7 Å². The molecule has 15 atom stereocenters. The van der Waals surface area contributed by atoms with Crippen LogP contribution in [0.15, 0.2) is 24.3 Å². The third-order valence-electron chi connectivity index (χ3n) is 20.8. The van der Waals surface area contributed by atoms with Gasteiger partial charge in [-0.25, -0.2) is 0 Å². The molecule has 2 N–H and O–H groups in total. The average molecular weight is 781 g/mol. The van der Waals surface area contributed by atoms with Crippen LogP contribution in [0.2, 0.25) is 0 Å². The lowest BCUT2D eigenvalue weighted by Gasteiger charge is -2.82. The fourth-order valence-electron chi connectivity index (χ4n) is 18.1. The van der Waals surface area contributed by atoms with Gasteiger partial charge in [-0.3, -0.25) is 4.79 Å². The molecule has 1 heterocycles. The van der Waals surface area contributed by atoms with Crippen LogP contribution in [0.25, 0.3) is 0 Å². The van der Waals surface area contributed by atoms with E-state index in [-0.39, 0.29) is 44.5 Å². The summed E-state index contributed by atoms with van der Waals surface area (Å²) in [6, 6.07) is 9.19. The third kappa shape index (κ3) is 5.33. The molecule has 5 heteroatoms. The minimum Gasteiger partial charge on any atom is -0.481 e. The molecule has 1 aromatic rings. The molecule has 0 aromatic heterocycles. The average Bonchev–Trinajstić information content (AvgIpc) is 3.33. The molecule has 1 aliphatic heterocycles. The molecular weight excluding hydrogens is 705 g/mol. The lowest BCUT2D eigenvalue weighted by atomic mass is 9.21. The predicted octanol–water partition coefficient (Wildman–Crippen LogP) is 11.4. The van der Waals surface area contributed by atoms with E-state index in [9.17, 15) is 15.0 Å². The summed E-state index contributed by atoms with van der Waals surface area (Å²) in [5.41, 5.74) is 1.94. The molecule has 7 aliphatic carbocycles. The van der Waals surface area contributed by atoms with Crippen molar-refractivity contribution in [1.82, 2.24) is 0 Å². The monoisotopic (exact) mass is 781 g/mol. The van der Waals surface area contributed by atoms with E-state index < -0.39 is 17.2 Å². The van der Waals surface area contributed by atoms with E-state index in [4.69, 9.17) is 9.47 Å². The van der Waals surface area contributed by atoms with Crippen molar-refractivity contribution in [3.63, 3.8) is 0 Å². The van der Waals surface area contributed by atoms with Crippen molar-refractivity contribution in [2.45, 2.75) is 182 Å². The highest BCUT2D eigenvalue weighted by Gasteiger charge is 2.84. The summed E-state index contributed by atoms with van der Waals surface area (Å²) >= 11 is 0. The fraction of sp³-hybridized carbons (Fsp3) is 0.827. The maximum Gasteiger partial charge on any atom is 0.309 e. The van der Waals surface area contributed by atoms with Crippen molar-refractivity contribution >= 4 is 5.97 Å². The number of carbonyl (C=O) groups is 1. The van der Waals surface area contributed by atoms with Gasteiger partial charge in [-0.2, -0.15) is 0 Å². The molecule has 9 rings (SSSR count). The zero-order valence-corrected chi connectivity index (χ0v) is 36.8. The van der Waals surface area contributed by atoms with Gasteiger partial charge in [0.2, 0.25) is 0 Å². The van der Waals surface area contributed by atoms with Gasteiger partial charge in [-0.1, -0.05) is 77.6 Å². The van der Waals surface area contributed by atoms with Crippen molar-refractivity contribution in [2.75, 3.05) is 13.7 Å². The fourth-order valence-corrected chi connectivity index (χ4v) is 18.1. The minimum absolute atomic E-state index is 0.00813. The molecule has 0 unspecified atom stereocenters. The molecule has 0 radical (unpaired) electrons. The van der Waals surface area contributed by atoms with Crippen LogP contribution >= 0.6 is 0 Å². The first kappa shape index (κ1) is 40.5. The van der Waals surface area contributed by atoms with E-state index in [2.05, 4.69) is 77.6 Å². The topological polar surface area (TPSA) is 76.0 Å². The third-order valence-corrected chi connectivity index (χ3v) is 20.8. The van der Waals surface area contributed by atoms with Crippen molar-refractivity contribution in [3.8, 4) is 11.8 Å². The smallest absolute Gasteiger partial charge is 0.309 e. The Balaban J connectivity index is 1.21. The van der Waals surface area contributed by atoms with E-state index in [1.807, 2.05) is 0 Å². The zero-order chi connectivity index (χ0) is 40.3. The predicted molar refractivity (Wildman–Crippen MR) is 226 cm³/mol.